The van der Waals surface area contributed by atoms with Gasteiger partial charge >= 0.3 is 5.97 Å². The Bertz CT molecular complexity index is 506. The van der Waals surface area contributed by atoms with Crippen LogP contribution >= 0.6 is 11.6 Å². The number of rotatable bonds is 6. The molecule has 0 aliphatic rings. The largest absolute Gasteiger partial charge is 0.480 e. The van der Waals surface area contributed by atoms with Gasteiger partial charge in [-0.15, -0.1) is 0 Å². The van der Waals surface area contributed by atoms with E-state index < -0.39 is 23.8 Å². The second-order valence-electron chi connectivity index (χ2n) is 3.71. The van der Waals surface area contributed by atoms with E-state index in [9.17, 15) is 14.4 Å². The van der Waals surface area contributed by atoms with E-state index in [-0.39, 0.29) is 23.7 Å². The number of halogens is 1. The van der Waals surface area contributed by atoms with Gasteiger partial charge in [-0.25, -0.2) is 9.78 Å². The number of pyridine rings is 1. The number of aliphatic carboxylic acids is 1. The highest BCUT2D eigenvalue weighted by Gasteiger charge is 2.21. The molecule has 0 unspecified atom stereocenters. The molecule has 0 aromatic carbocycles. The van der Waals surface area contributed by atoms with Gasteiger partial charge in [-0.1, -0.05) is 17.7 Å². The van der Waals surface area contributed by atoms with Crippen molar-refractivity contribution in [2.24, 2.45) is 5.73 Å². The summed E-state index contributed by atoms with van der Waals surface area (Å²) in [5, 5.41) is 11.3. The van der Waals surface area contributed by atoms with E-state index in [2.05, 4.69) is 10.3 Å². The molecule has 0 saturated carbocycles. The average molecular weight is 286 g/mol. The highest BCUT2D eigenvalue weighted by Crippen LogP contribution is 2.06. The molecule has 1 heterocycles. The summed E-state index contributed by atoms with van der Waals surface area (Å²) < 4.78 is 0. The summed E-state index contributed by atoms with van der Waals surface area (Å²) in [6, 6.07) is 3.19. The smallest absolute Gasteiger partial charge is 0.326 e. The molecule has 2 amide bonds. The third-order valence-corrected chi connectivity index (χ3v) is 2.44. The number of carbonyl (C=O) groups excluding carboxylic acids is 2. The molecule has 0 spiro atoms. The maximum Gasteiger partial charge on any atom is 0.326 e. The van der Waals surface area contributed by atoms with Crippen LogP contribution in [0.5, 0.6) is 0 Å². The Morgan fingerprint density at radius 2 is 2.11 bits per heavy atom. The van der Waals surface area contributed by atoms with Crippen LogP contribution in [0.15, 0.2) is 18.2 Å². The zero-order valence-corrected chi connectivity index (χ0v) is 10.6. The van der Waals surface area contributed by atoms with E-state index in [0.717, 1.165) is 0 Å². The quantitative estimate of drug-likeness (QED) is 0.644. The van der Waals surface area contributed by atoms with Crippen LogP contribution in [0.3, 0.4) is 0 Å². The molecule has 1 aromatic heterocycles. The predicted octanol–water partition coefficient (Wildman–Crippen LogP) is 0.183. The molecule has 0 bridgehead atoms. The monoisotopic (exact) mass is 285 g/mol. The summed E-state index contributed by atoms with van der Waals surface area (Å²) in [5.41, 5.74) is 4.93. The molecule has 0 saturated heterocycles. The van der Waals surface area contributed by atoms with Gasteiger partial charge in [0.05, 0.1) is 0 Å². The molecule has 7 nitrogen and oxygen atoms in total. The number of nitrogens with two attached hydrogens (primary N) is 1. The first-order valence-electron chi connectivity index (χ1n) is 5.34. The lowest BCUT2D eigenvalue weighted by Crippen LogP contribution is -2.41. The number of hydrogen-bond donors (Lipinski definition) is 3. The lowest BCUT2D eigenvalue weighted by atomic mass is 10.1. The summed E-state index contributed by atoms with van der Waals surface area (Å²) in [6.07, 6.45) is -0.225. The second-order valence-corrected chi connectivity index (χ2v) is 4.10. The van der Waals surface area contributed by atoms with Crippen molar-refractivity contribution in [3.8, 4) is 0 Å². The van der Waals surface area contributed by atoms with Crippen molar-refractivity contribution in [1.29, 1.82) is 0 Å². The minimum absolute atomic E-state index is 0.00201. The Kier molecular flexibility index (Phi) is 5.25. The van der Waals surface area contributed by atoms with Gasteiger partial charge in [0.25, 0.3) is 5.91 Å². The molecule has 1 rings (SSSR count). The zero-order valence-electron chi connectivity index (χ0n) is 9.80. The fraction of sp³-hybridized carbons (Fsp3) is 0.273. The number of primary amides is 1. The minimum Gasteiger partial charge on any atom is -0.480 e. The fourth-order valence-corrected chi connectivity index (χ4v) is 1.47. The topological polar surface area (TPSA) is 122 Å². The molecule has 102 valence electrons. The molecule has 0 aliphatic heterocycles. The number of hydrogen-bond acceptors (Lipinski definition) is 4. The lowest BCUT2D eigenvalue weighted by Gasteiger charge is -2.13. The van der Waals surface area contributed by atoms with E-state index in [1.807, 2.05) is 0 Å². The van der Waals surface area contributed by atoms with Crippen molar-refractivity contribution >= 4 is 29.4 Å². The number of aromatic nitrogens is 1. The Morgan fingerprint density at radius 3 is 2.63 bits per heavy atom. The highest BCUT2D eigenvalue weighted by molar-refractivity contribution is 6.29. The molecule has 0 aliphatic carbocycles. The van der Waals surface area contributed by atoms with Crippen LogP contribution in [0, 0.1) is 0 Å². The van der Waals surface area contributed by atoms with Crippen LogP contribution in [-0.2, 0) is 9.59 Å². The number of carboxylic acid groups (broad SMARTS) is 1. The number of nitrogens with zero attached hydrogens (tertiary/aromatic N) is 1. The molecular formula is C11H12ClN3O4. The lowest BCUT2D eigenvalue weighted by molar-refractivity contribution is -0.139. The van der Waals surface area contributed by atoms with Crippen molar-refractivity contribution in [2.45, 2.75) is 18.9 Å². The fourth-order valence-electron chi connectivity index (χ4n) is 1.31. The van der Waals surface area contributed by atoms with Crippen molar-refractivity contribution < 1.29 is 19.5 Å². The van der Waals surface area contributed by atoms with E-state index in [1.165, 1.54) is 18.2 Å². The molecule has 4 N–H and O–H groups in total. The second kappa shape index (κ2) is 6.69. The van der Waals surface area contributed by atoms with Gasteiger partial charge in [-0.05, 0) is 18.6 Å². The minimum atomic E-state index is -1.25. The first-order valence-corrected chi connectivity index (χ1v) is 5.72. The Morgan fingerprint density at radius 1 is 1.42 bits per heavy atom. The van der Waals surface area contributed by atoms with Gasteiger partial charge in [0.2, 0.25) is 5.91 Å². The molecule has 0 fully saturated rings. The van der Waals surface area contributed by atoms with Gasteiger partial charge in [0.15, 0.2) is 0 Å². The Labute approximate surface area is 113 Å². The van der Waals surface area contributed by atoms with Crippen LogP contribution in [0.1, 0.15) is 23.3 Å². The van der Waals surface area contributed by atoms with E-state index >= 15 is 0 Å². The van der Waals surface area contributed by atoms with Crippen LogP contribution in [0.25, 0.3) is 0 Å². The summed E-state index contributed by atoms with van der Waals surface area (Å²) in [4.78, 5) is 37.0. The summed E-state index contributed by atoms with van der Waals surface area (Å²) in [5.74, 6) is -2.57. The average Bonchev–Trinajstić information content (AvgIpc) is 2.33. The van der Waals surface area contributed by atoms with Crippen molar-refractivity contribution in [3.63, 3.8) is 0 Å². The molecule has 0 radical (unpaired) electrons. The number of nitrogens with one attached hydrogen (secondary N) is 1. The van der Waals surface area contributed by atoms with Crippen molar-refractivity contribution in [3.05, 3.63) is 29.0 Å². The van der Waals surface area contributed by atoms with Crippen LogP contribution in [0.2, 0.25) is 5.15 Å². The number of carboxylic acids is 1. The summed E-state index contributed by atoms with van der Waals surface area (Å²) in [6.45, 7) is 0. The van der Waals surface area contributed by atoms with Gasteiger partial charge < -0.3 is 16.2 Å². The number of carbonyl (C=O) groups is 3. The maximum atomic E-state index is 11.7. The van der Waals surface area contributed by atoms with Crippen molar-refractivity contribution in [2.75, 3.05) is 0 Å². The predicted molar refractivity (Wildman–Crippen MR) is 66.6 cm³/mol. The molecular weight excluding hydrogens is 274 g/mol. The van der Waals surface area contributed by atoms with E-state index in [0.29, 0.717) is 0 Å². The maximum absolute atomic E-state index is 11.7. The molecule has 1 atom stereocenters. The van der Waals surface area contributed by atoms with Crippen LogP contribution < -0.4 is 11.1 Å². The van der Waals surface area contributed by atoms with E-state index in [1.54, 1.807) is 0 Å². The third-order valence-electron chi connectivity index (χ3n) is 2.23. The first kappa shape index (κ1) is 14.9. The van der Waals surface area contributed by atoms with Crippen molar-refractivity contribution in [1.82, 2.24) is 10.3 Å². The molecule has 19 heavy (non-hydrogen) atoms. The van der Waals surface area contributed by atoms with Gasteiger partial charge in [0.1, 0.15) is 16.9 Å². The first-order chi connectivity index (χ1) is 8.90. The highest BCUT2D eigenvalue weighted by atomic mass is 35.5. The Balaban J connectivity index is 2.71. The molecule has 1 aromatic rings. The standard InChI is InChI=1S/C11H12ClN3O4/c12-8-3-1-2-6(14-8)10(17)15-7(11(18)19)4-5-9(13)16/h1-3,7H,4-5H2,(H2,13,16)(H,15,17)(H,18,19)/t7-/m0/s1. The summed E-state index contributed by atoms with van der Waals surface area (Å²) in [7, 11) is 0. The van der Waals surface area contributed by atoms with Crippen LogP contribution in [-0.4, -0.2) is 33.9 Å². The SMILES string of the molecule is NC(=O)CC[C@H](NC(=O)c1cccc(Cl)n1)C(=O)O. The zero-order chi connectivity index (χ0) is 14.4. The van der Waals surface area contributed by atoms with Crippen LogP contribution in [0.4, 0.5) is 0 Å². The van der Waals surface area contributed by atoms with Gasteiger partial charge in [-0.2, -0.15) is 0 Å². The normalized spacial score (nSPS) is 11.6. The van der Waals surface area contributed by atoms with E-state index in [4.69, 9.17) is 22.4 Å². The van der Waals surface area contributed by atoms with Gasteiger partial charge in [-0.3, -0.25) is 9.59 Å². The number of amides is 2. The third kappa shape index (κ3) is 4.92. The van der Waals surface area contributed by atoms with Gasteiger partial charge in [0, 0.05) is 6.42 Å². The summed E-state index contributed by atoms with van der Waals surface area (Å²) >= 11 is 5.62. The molecule has 8 heteroatoms. The Hall–Kier alpha value is -2.15.